The van der Waals surface area contributed by atoms with Crippen molar-refractivity contribution in [2.45, 2.75) is 33.1 Å². The fourth-order valence-electron chi connectivity index (χ4n) is 4.17. The number of rotatable bonds is 7. The Hall–Kier alpha value is -3.51. The maximum absolute atomic E-state index is 12.9. The number of carbonyl (C=O) groups is 2. The van der Waals surface area contributed by atoms with E-state index in [0.717, 1.165) is 16.9 Å². The first-order valence-electron chi connectivity index (χ1n) is 11.6. The third-order valence-corrected chi connectivity index (χ3v) is 6.30. The van der Waals surface area contributed by atoms with E-state index in [4.69, 9.17) is 21.1 Å². The predicted molar refractivity (Wildman–Crippen MR) is 139 cm³/mol. The third kappa shape index (κ3) is 5.60. The number of hydrogen-bond donors (Lipinski definition) is 1. The standard InChI is InChI=1S/C28H29ClN2O4/c1-17(2)23-11-5-18(3)13-26(23)35-22-9-7-21(8-10-22)30-28(33)19-14-27(32)31(16-19)24-15-20(29)6-12-25(24)34-4/h5-13,15,17,19H,14,16H2,1-4H3,(H,30,33)/t19-/m1/s1. The quantitative estimate of drug-likeness (QED) is 0.405. The summed E-state index contributed by atoms with van der Waals surface area (Å²) in [5.41, 5.74) is 3.48. The Morgan fingerprint density at radius 2 is 1.80 bits per heavy atom. The highest BCUT2D eigenvalue weighted by molar-refractivity contribution is 6.31. The van der Waals surface area contributed by atoms with E-state index in [1.807, 2.05) is 25.1 Å². The lowest BCUT2D eigenvalue weighted by Crippen LogP contribution is -2.28. The van der Waals surface area contributed by atoms with Crippen LogP contribution in [0.4, 0.5) is 11.4 Å². The van der Waals surface area contributed by atoms with Gasteiger partial charge in [0.2, 0.25) is 11.8 Å². The Balaban J connectivity index is 1.42. The Kier molecular flexibility index (Phi) is 7.31. The molecule has 1 N–H and O–H groups in total. The van der Waals surface area contributed by atoms with E-state index >= 15 is 0 Å². The van der Waals surface area contributed by atoms with Gasteiger partial charge in [-0.05, 0) is 72.5 Å². The van der Waals surface area contributed by atoms with Crippen LogP contribution in [0.5, 0.6) is 17.2 Å². The molecule has 1 saturated heterocycles. The summed E-state index contributed by atoms with van der Waals surface area (Å²) in [6.45, 7) is 6.56. The first-order valence-corrected chi connectivity index (χ1v) is 12.0. The summed E-state index contributed by atoms with van der Waals surface area (Å²) in [6, 6.07) is 18.5. The van der Waals surface area contributed by atoms with E-state index in [2.05, 4.69) is 31.3 Å². The number of benzene rings is 3. The van der Waals surface area contributed by atoms with Gasteiger partial charge in [-0.15, -0.1) is 0 Å². The molecule has 1 atom stereocenters. The van der Waals surface area contributed by atoms with E-state index in [9.17, 15) is 9.59 Å². The lowest BCUT2D eigenvalue weighted by molar-refractivity contribution is -0.122. The lowest BCUT2D eigenvalue weighted by Gasteiger charge is -2.20. The van der Waals surface area contributed by atoms with Crippen LogP contribution in [0.1, 0.15) is 37.3 Å². The average molecular weight is 493 g/mol. The van der Waals surface area contributed by atoms with Crippen molar-refractivity contribution in [3.05, 3.63) is 76.8 Å². The number of anilines is 2. The molecule has 182 valence electrons. The van der Waals surface area contributed by atoms with Crippen molar-refractivity contribution < 1.29 is 19.1 Å². The second-order valence-electron chi connectivity index (χ2n) is 9.03. The van der Waals surface area contributed by atoms with Gasteiger partial charge in [-0.2, -0.15) is 0 Å². The summed E-state index contributed by atoms with van der Waals surface area (Å²) < 4.78 is 11.5. The van der Waals surface area contributed by atoms with Gasteiger partial charge in [-0.1, -0.05) is 37.6 Å². The molecular formula is C28H29ClN2O4. The highest BCUT2D eigenvalue weighted by Crippen LogP contribution is 2.36. The van der Waals surface area contributed by atoms with Gasteiger partial charge >= 0.3 is 0 Å². The van der Waals surface area contributed by atoms with E-state index in [0.29, 0.717) is 33.8 Å². The monoisotopic (exact) mass is 492 g/mol. The van der Waals surface area contributed by atoms with Crippen molar-refractivity contribution in [1.82, 2.24) is 0 Å². The van der Waals surface area contributed by atoms with Crippen molar-refractivity contribution >= 4 is 34.8 Å². The van der Waals surface area contributed by atoms with Crippen LogP contribution in [-0.2, 0) is 9.59 Å². The van der Waals surface area contributed by atoms with Crippen LogP contribution < -0.4 is 19.7 Å². The number of nitrogens with zero attached hydrogens (tertiary/aromatic N) is 1. The molecule has 1 heterocycles. The molecule has 1 fully saturated rings. The zero-order chi connectivity index (χ0) is 25.1. The molecule has 3 aromatic carbocycles. The van der Waals surface area contributed by atoms with Gasteiger partial charge in [0, 0.05) is 23.7 Å². The van der Waals surface area contributed by atoms with Crippen molar-refractivity contribution in [3.63, 3.8) is 0 Å². The molecule has 1 aliphatic heterocycles. The van der Waals surface area contributed by atoms with Crippen LogP contribution in [0.25, 0.3) is 0 Å². The summed E-state index contributed by atoms with van der Waals surface area (Å²) in [7, 11) is 1.54. The minimum Gasteiger partial charge on any atom is -0.495 e. The summed E-state index contributed by atoms with van der Waals surface area (Å²) >= 11 is 6.12. The number of amides is 2. The molecule has 0 bridgehead atoms. The maximum atomic E-state index is 12.9. The molecule has 0 unspecified atom stereocenters. The topological polar surface area (TPSA) is 67.9 Å². The molecule has 0 saturated carbocycles. The molecule has 0 aliphatic carbocycles. The largest absolute Gasteiger partial charge is 0.495 e. The molecule has 1 aliphatic rings. The molecule has 6 nitrogen and oxygen atoms in total. The van der Waals surface area contributed by atoms with Gasteiger partial charge in [-0.25, -0.2) is 0 Å². The number of hydrogen-bond acceptors (Lipinski definition) is 4. The number of halogens is 1. The molecular weight excluding hydrogens is 464 g/mol. The molecule has 7 heteroatoms. The molecule has 4 rings (SSSR count). The highest BCUT2D eigenvalue weighted by atomic mass is 35.5. The molecule has 3 aromatic rings. The summed E-state index contributed by atoms with van der Waals surface area (Å²) in [4.78, 5) is 27.1. The fraction of sp³-hybridized carbons (Fsp3) is 0.286. The first-order chi connectivity index (χ1) is 16.7. The molecule has 2 amide bonds. The van der Waals surface area contributed by atoms with Gasteiger partial charge in [0.15, 0.2) is 0 Å². The Labute approximate surface area is 210 Å². The number of carbonyl (C=O) groups excluding carboxylic acids is 2. The maximum Gasteiger partial charge on any atom is 0.229 e. The lowest BCUT2D eigenvalue weighted by atomic mass is 10.0. The number of nitrogens with one attached hydrogen (secondary N) is 1. The fourth-order valence-corrected chi connectivity index (χ4v) is 4.34. The van der Waals surface area contributed by atoms with Crippen molar-refractivity contribution in [2.24, 2.45) is 5.92 Å². The van der Waals surface area contributed by atoms with E-state index < -0.39 is 5.92 Å². The number of ether oxygens (including phenoxy) is 2. The van der Waals surface area contributed by atoms with Crippen LogP contribution in [0, 0.1) is 12.8 Å². The van der Waals surface area contributed by atoms with Gasteiger partial charge in [0.1, 0.15) is 17.2 Å². The minimum atomic E-state index is -0.483. The zero-order valence-electron chi connectivity index (χ0n) is 20.3. The van der Waals surface area contributed by atoms with E-state index in [1.165, 1.54) is 7.11 Å². The Morgan fingerprint density at radius 3 is 2.49 bits per heavy atom. The molecule has 0 spiro atoms. The third-order valence-electron chi connectivity index (χ3n) is 6.07. The van der Waals surface area contributed by atoms with Gasteiger partial charge in [-0.3, -0.25) is 9.59 Å². The second kappa shape index (κ2) is 10.4. The Morgan fingerprint density at radius 1 is 1.06 bits per heavy atom. The smallest absolute Gasteiger partial charge is 0.229 e. The van der Waals surface area contributed by atoms with Crippen molar-refractivity contribution in [2.75, 3.05) is 23.9 Å². The molecule has 35 heavy (non-hydrogen) atoms. The summed E-state index contributed by atoms with van der Waals surface area (Å²) in [6.07, 6.45) is 0.119. The minimum absolute atomic E-state index is 0.119. The number of methoxy groups -OCH3 is 1. The molecule has 0 radical (unpaired) electrons. The summed E-state index contributed by atoms with van der Waals surface area (Å²) in [5.74, 6) is 1.55. The van der Waals surface area contributed by atoms with Crippen LogP contribution in [0.3, 0.4) is 0 Å². The number of aryl methyl sites for hydroxylation is 1. The van der Waals surface area contributed by atoms with Gasteiger partial charge < -0.3 is 19.7 Å². The predicted octanol–water partition coefficient (Wildman–Crippen LogP) is 6.56. The van der Waals surface area contributed by atoms with Crippen LogP contribution in [0.2, 0.25) is 5.02 Å². The van der Waals surface area contributed by atoms with Crippen LogP contribution in [-0.4, -0.2) is 25.5 Å². The van der Waals surface area contributed by atoms with Crippen LogP contribution >= 0.6 is 11.6 Å². The first kappa shape index (κ1) is 24.6. The summed E-state index contributed by atoms with van der Waals surface area (Å²) in [5, 5.41) is 3.41. The van der Waals surface area contributed by atoms with E-state index in [-0.39, 0.29) is 24.8 Å². The van der Waals surface area contributed by atoms with Gasteiger partial charge in [0.05, 0.1) is 18.7 Å². The highest BCUT2D eigenvalue weighted by Gasteiger charge is 2.36. The normalized spacial score (nSPS) is 15.4. The SMILES string of the molecule is COc1ccc(Cl)cc1N1C[C@H](C(=O)Nc2ccc(Oc3cc(C)ccc3C(C)C)cc2)CC1=O. The van der Waals surface area contributed by atoms with Gasteiger partial charge in [0.25, 0.3) is 0 Å². The van der Waals surface area contributed by atoms with Crippen LogP contribution in [0.15, 0.2) is 60.7 Å². The second-order valence-corrected chi connectivity index (χ2v) is 9.47. The van der Waals surface area contributed by atoms with Crippen molar-refractivity contribution in [3.8, 4) is 17.2 Å². The Bertz CT molecular complexity index is 1240. The zero-order valence-corrected chi connectivity index (χ0v) is 21.1. The van der Waals surface area contributed by atoms with Crippen molar-refractivity contribution in [1.29, 1.82) is 0 Å². The molecule has 0 aromatic heterocycles. The average Bonchev–Trinajstić information content (AvgIpc) is 3.22. The van der Waals surface area contributed by atoms with E-state index in [1.54, 1.807) is 35.2 Å².